The lowest BCUT2D eigenvalue weighted by Gasteiger charge is -2.36. The average molecular weight is 481 g/mol. The number of aromatic nitrogens is 1. The second-order valence-corrected chi connectivity index (χ2v) is 11.3. The Kier molecular flexibility index (Phi) is 7.09. The van der Waals surface area contributed by atoms with E-state index in [9.17, 15) is 22.7 Å². The summed E-state index contributed by atoms with van der Waals surface area (Å²) in [6, 6.07) is 4.82. The Morgan fingerprint density at radius 3 is 2.82 bits per heavy atom. The zero-order chi connectivity index (χ0) is 23.8. The van der Waals surface area contributed by atoms with E-state index < -0.39 is 10.0 Å². The number of hydrogen-bond acceptors (Lipinski definition) is 5. The number of carbonyl (C=O) groups is 1. The maximum absolute atomic E-state index is 14.1. The van der Waals surface area contributed by atoms with Crippen LogP contribution >= 0.6 is 0 Å². The van der Waals surface area contributed by atoms with Gasteiger partial charge in [-0.05, 0) is 56.7 Å². The molecule has 3 N–H and O–H groups in total. The fourth-order valence-electron chi connectivity index (χ4n) is 5.39. The van der Waals surface area contributed by atoms with E-state index in [4.69, 9.17) is 0 Å². The number of aromatic amines is 1. The van der Waals surface area contributed by atoms with E-state index in [-0.39, 0.29) is 43.0 Å². The number of likely N-dealkylation sites (tertiary alicyclic amines) is 1. The van der Waals surface area contributed by atoms with Crippen LogP contribution in [-0.2, 0) is 10.0 Å². The third-order valence-electron chi connectivity index (χ3n) is 7.04. The van der Waals surface area contributed by atoms with Gasteiger partial charge in [-0.15, -0.1) is 0 Å². The first kappa shape index (κ1) is 24.1. The zero-order valence-corrected chi connectivity index (χ0v) is 20.0. The standard InChI is InChI=1S/C23H33FN4O4S/c1-15-6-7-20(24)19-13-21(26-22(15)19)23(30)25-16-4-3-5-17(12-16)27-9-8-18(14-27)28(10-11-29)33(2,31)32/h6-7,13,16-18,26,29H,3-5,8-12,14H2,1-2H3,(H,25,30)/t16-,17+,18+/m1/s1. The van der Waals surface area contributed by atoms with Gasteiger partial charge in [-0.1, -0.05) is 6.07 Å². The third kappa shape index (κ3) is 5.24. The number of halogens is 1. The molecule has 33 heavy (non-hydrogen) atoms. The normalized spacial score (nSPS) is 24.6. The van der Waals surface area contributed by atoms with Crippen LogP contribution in [0.1, 0.15) is 48.2 Å². The first-order valence-corrected chi connectivity index (χ1v) is 13.4. The molecule has 10 heteroatoms. The lowest BCUT2D eigenvalue weighted by atomic mass is 9.90. The molecule has 1 amide bonds. The summed E-state index contributed by atoms with van der Waals surface area (Å²) in [5.41, 5.74) is 1.88. The van der Waals surface area contributed by atoms with Crippen molar-refractivity contribution in [2.45, 2.75) is 57.2 Å². The molecule has 2 fully saturated rings. The Balaban J connectivity index is 1.39. The number of aliphatic hydroxyl groups excluding tert-OH is 1. The second kappa shape index (κ2) is 9.69. The van der Waals surface area contributed by atoms with E-state index in [1.807, 2.05) is 6.92 Å². The third-order valence-corrected chi connectivity index (χ3v) is 8.37. The van der Waals surface area contributed by atoms with Crippen LogP contribution in [0.3, 0.4) is 0 Å². The summed E-state index contributed by atoms with van der Waals surface area (Å²) < 4.78 is 39.8. The Morgan fingerprint density at radius 1 is 1.33 bits per heavy atom. The maximum Gasteiger partial charge on any atom is 0.267 e. The van der Waals surface area contributed by atoms with E-state index in [0.717, 1.165) is 44.2 Å². The summed E-state index contributed by atoms with van der Waals surface area (Å²) in [5, 5.41) is 12.8. The minimum absolute atomic E-state index is 0.0103. The Hall–Kier alpha value is -2.01. The fourth-order valence-corrected chi connectivity index (χ4v) is 6.52. The van der Waals surface area contributed by atoms with Crippen LogP contribution in [-0.4, -0.2) is 84.2 Å². The minimum atomic E-state index is -3.38. The molecule has 182 valence electrons. The van der Waals surface area contributed by atoms with E-state index in [2.05, 4.69) is 15.2 Å². The number of aliphatic hydroxyl groups is 1. The summed E-state index contributed by atoms with van der Waals surface area (Å²) in [4.78, 5) is 18.3. The first-order chi connectivity index (χ1) is 15.7. The summed E-state index contributed by atoms with van der Waals surface area (Å²) in [6.07, 6.45) is 5.59. The van der Waals surface area contributed by atoms with Crippen LogP contribution in [0, 0.1) is 12.7 Å². The highest BCUT2D eigenvalue weighted by Gasteiger charge is 2.37. The highest BCUT2D eigenvalue weighted by molar-refractivity contribution is 7.88. The number of H-pyrrole nitrogens is 1. The Bertz CT molecular complexity index is 1080. The number of sulfonamides is 1. The minimum Gasteiger partial charge on any atom is -0.395 e. The lowest BCUT2D eigenvalue weighted by Crippen LogP contribution is -2.47. The number of fused-ring (bicyclic) bond motifs is 1. The molecule has 0 bridgehead atoms. The van der Waals surface area contributed by atoms with Crippen molar-refractivity contribution in [1.82, 2.24) is 19.5 Å². The molecule has 2 heterocycles. The highest BCUT2D eigenvalue weighted by atomic mass is 32.2. The van der Waals surface area contributed by atoms with Crippen molar-refractivity contribution >= 4 is 26.8 Å². The van der Waals surface area contributed by atoms with E-state index in [1.54, 1.807) is 12.1 Å². The zero-order valence-electron chi connectivity index (χ0n) is 19.2. The van der Waals surface area contributed by atoms with E-state index in [1.165, 1.54) is 16.6 Å². The molecule has 2 aromatic rings. The molecule has 0 spiro atoms. The number of nitrogens with one attached hydrogen (secondary N) is 2. The summed E-state index contributed by atoms with van der Waals surface area (Å²) in [6.45, 7) is 3.23. The molecule has 4 rings (SSSR count). The van der Waals surface area contributed by atoms with Crippen molar-refractivity contribution < 1.29 is 22.7 Å². The SMILES string of the molecule is Cc1ccc(F)c2cc(C(=O)N[C@@H]3CCC[C@H](N4CC[C@H](N(CCO)S(C)(=O)=O)C4)C3)[nH]c12. The van der Waals surface area contributed by atoms with Gasteiger partial charge in [-0.3, -0.25) is 9.69 Å². The topological polar surface area (TPSA) is 106 Å². The van der Waals surface area contributed by atoms with Crippen molar-refractivity contribution in [2.24, 2.45) is 0 Å². The van der Waals surface area contributed by atoms with Crippen molar-refractivity contribution in [3.63, 3.8) is 0 Å². The quantitative estimate of drug-likeness (QED) is 0.562. The van der Waals surface area contributed by atoms with Gasteiger partial charge in [-0.25, -0.2) is 12.8 Å². The van der Waals surface area contributed by atoms with Crippen LogP contribution in [0.5, 0.6) is 0 Å². The average Bonchev–Trinajstić information content (AvgIpc) is 3.42. The number of carbonyl (C=O) groups excluding carboxylic acids is 1. The predicted molar refractivity (Wildman–Crippen MR) is 125 cm³/mol. The summed E-state index contributed by atoms with van der Waals surface area (Å²) >= 11 is 0. The van der Waals surface area contributed by atoms with Crippen molar-refractivity contribution in [3.05, 3.63) is 35.3 Å². The summed E-state index contributed by atoms with van der Waals surface area (Å²) in [7, 11) is -3.38. The van der Waals surface area contributed by atoms with Crippen LogP contribution in [0.25, 0.3) is 10.9 Å². The molecule has 0 unspecified atom stereocenters. The number of nitrogens with zero attached hydrogens (tertiary/aromatic N) is 2. The number of benzene rings is 1. The van der Waals surface area contributed by atoms with Gasteiger partial charge in [0, 0.05) is 43.1 Å². The van der Waals surface area contributed by atoms with E-state index >= 15 is 0 Å². The molecule has 1 saturated carbocycles. The molecule has 8 nitrogen and oxygen atoms in total. The van der Waals surface area contributed by atoms with Crippen LogP contribution in [0.2, 0.25) is 0 Å². The number of amides is 1. The van der Waals surface area contributed by atoms with Gasteiger partial charge in [0.1, 0.15) is 11.5 Å². The molecule has 1 aromatic heterocycles. The molecular formula is C23H33FN4O4S. The Morgan fingerprint density at radius 2 is 2.12 bits per heavy atom. The number of rotatable bonds is 7. The lowest BCUT2D eigenvalue weighted by molar-refractivity contribution is 0.0897. The predicted octanol–water partition coefficient (Wildman–Crippen LogP) is 1.98. The van der Waals surface area contributed by atoms with Gasteiger partial charge in [0.05, 0.1) is 18.4 Å². The number of aryl methyl sites for hydroxylation is 1. The van der Waals surface area contributed by atoms with Gasteiger partial charge in [0.15, 0.2) is 0 Å². The first-order valence-electron chi connectivity index (χ1n) is 11.6. The van der Waals surface area contributed by atoms with Gasteiger partial charge in [0.2, 0.25) is 10.0 Å². The molecule has 1 aliphatic heterocycles. The van der Waals surface area contributed by atoms with E-state index in [0.29, 0.717) is 23.1 Å². The number of hydrogen-bond donors (Lipinski definition) is 3. The highest BCUT2D eigenvalue weighted by Crippen LogP contribution is 2.29. The molecule has 1 aliphatic carbocycles. The maximum atomic E-state index is 14.1. The second-order valence-electron chi connectivity index (χ2n) is 9.36. The monoisotopic (exact) mass is 480 g/mol. The van der Waals surface area contributed by atoms with Crippen molar-refractivity contribution in [3.8, 4) is 0 Å². The molecule has 2 aliphatic rings. The van der Waals surface area contributed by atoms with Crippen molar-refractivity contribution in [1.29, 1.82) is 0 Å². The molecule has 0 radical (unpaired) electrons. The molecular weight excluding hydrogens is 447 g/mol. The molecule has 1 saturated heterocycles. The summed E-state index contributed by atoms with van der Waals surface area (Å²) in [5.74, 6) is -0.585. The van der Waals surface area contributed by atoms with Crippen molar-refractivity contribution in [2.75, 3.05) is 32.5 Å². The Labute approximate surface area is 194 Å². The van der Waals surface area contributed by atoms with Gasteiger partial charge >= 0.3 is 0 Å². The van der Waals surface area contributed by atoms with Gasteiger partial charge < -0.3 is 15.4 Å². The fraction of sp³-hybridized carbons (Fsp3) is 0.609. The smallest absolute Gasteiger partial charge is 0.267 e. The molecule has 3 atom stereocenters. The largest absolute Gasteiger partial charge is 0.395 e. The van der Waals surface area contributed by atoms with Crippen LogP contribution in [0.15, 0.2) is 18.2 Å². The molecule has 1 aromatic carbocycles. The van der Waals surface area contributed by atoms with Crippen LogP contribution < -0.4 is 5.32 Å². The van der Waals surface area contributed by atoms with Gasteiger partial charge in [0.25, 0.3) is 5.91 Å². The van der Waals surface area contributed by atoms with Gasteiger partial charge in [-0.2, -0.15) is 4.31 Å². The van der Waals surface area contributed by atoms with Crippen LogP contribution in [0.4, 0.5) is 4.39 Å².